The summed E-state index contributed by atoms with van der Waals surface area (Å²) in [6.07, 6.45) is -0.227. The number of nitrogens with two attached hydrogens (primary N) is 2. The van der Waals surface area contributed by atoms with Crippen LogP contribution < -0.4 is 21.5 Å². The van der Waals surface area contributed by atoms with Gasteiger partial charge in [0.15, 0.2) is 0 Å². The Labute approximate surface area is 261 Å². The number of carbonyl (C=O) groups is 3. The summed E-state index contributed by atoms with van der Waals surface area (Å²) in [7, 11) is -3.72. The third kappa shape index (κ3) is 8.40. The molecule has 0 heterocycles. The van der Waals surface area contributed by atoms with Crippen molar-refractivity contribution in [1.29, 1.82) is 0 Å². The first-order valence-corrected chi connectivity index (χ1v) is 15.5. The van der Waals surface area contributed by atoms with Crippen molar-refractivity contribution in [3.05, 3.63) is 137 Å². The minimum absolute atomic E-state index is 0.0152. The van der Waals surface area contributed by atoms with Crippen molar-refractivity contribution in [3.63, 3.8) is 0 Å². The zero-order valence-corrected chi connectivity index (χ0v) is 25.0. The SMILES string of the molecule is N[C@@H](Cc1ccc(CNC(=O)c2ccccc2)c(C(N)(Cc2ccc(CNS(=O)(=O)c3ccccc3)cc2)C(=O)O)c1)C(=O)O. The second kappa shape index (κ2) is 14.3. The van der Waals surface area contributed by atoms with Crippen molar-refractivity contribution in [3.8, 4) is 0 Å². The molecule has 0 spiro atoms. The molecule has 45 heavy (non-hydrogen) atoms. The lowest BCUT2D eigenvalue weighted by Crippen LogP contribution is -2.48. The maximum absolute atomic E-state index is 12.8. The van der Waals surface area contributed by atoms with E-state index in [-0.39, 0.29) is 42.3 Å². The number of carbonyl (C=O) groups excluding carboxylic acids is 1. The smallest absolute Gasteiger partial charge is 0.328 e. The highest BCUT2D eigenvalue weighted by Crippen LogP contribution is 2.29. The molecule has 1 unspecified atom stereocenters. The van der Waals surface area contributed by atoms with E-state index >= 15 is 0 Å². The van der Waals surface area contributed by atoms with Gasteiger partial charge in [0.1, 0.15) is 11.6 Å². The van der Waals surface area contributed by atoms with Gasteiger partial charge in [-0.05, 0) is 58.5 Å². The summed E-state index contributed by atoms with van der Waals surface area (Å²) in [5.41, 5.74) is 13.1. The minimum atomic E-state index is -3.72. The van der Waals surface area contributed by atoms with E-state index in [2.05, 4.69) is 10.0 Å². The van der Waals surface area contributed by atoms with Gasteiger partial charge in [-0.15, -0.1) is 0 Å². The standard InChI is InChI=1S/C33H34N4O7S/c34-29(31(39)40)18-24-15-16-26(21-36-30(38)25-7-3-1-4-8-25)28(17-24)33(35,32(41)42)19-22-11-13-23(14-12-22)20-37-45(43,44)27-9-5-2-6-10-27/h1-17,29,37H,18-21,34-35H2,(H,36,38)(H,39,40)(H,41,42)/t29-,33?/m0/s1. The number of nitrogens with one attached hydrogen (secondary N) is 2. The molecule has 4 rings (SSSR count). The first-order chi connectivity index (χ1) is 21.4. The van der Waals surface area contributed by atoms with Crippen LogP contribution in [-0.2, 0) is 51.1 Å². The van der Waals surface area contributed by atoms with Crippen LogP contribution in [0.5, 0.6) is 0 Å². The average Bonchev–Trinajstić information content (AvgIpc) is 3.04. The van der Waals surface area contributed by atoms with Crippen molar-refractivity contribution in [2.75, 3.05) is 0 Å². The minimum Gasteiger partial charge on any atom is -0.480 e. The van der Waals surface area contributed by atoms with E-state index in [0.29, 0.717) is 27.8 Å². The lowest BCUT2D eigenvalue weighted by atomic mass is 9.80. The molecule has 0 aliphatic carbocycles. The average molecular weight is 631 g/mol. The fourth-order valence-electron chi connectivity index (χ4n) is 4.77. The largest absolute Gasteiger partial charge is 0.480 e. The number of carboxylic acid groups (broad SMARTS) is 2. The molecule has 4 aromatic rings. The van der Waals surface area contributed by atoms with Gasteiger partial charge in [-0.2, -0.15) is 0 Å². The summed E-state index contributed by atoms with van der Waals surface area (Å²) in [4.78, 5) is 37.0. The molecule has 11 nitrogen and oxygen atoms in total. The van der Waals surface area contributed by atoms with Gasteiger partial charge in [0.25, 0.3) is 5.91 Å². The van der Waals surface area contributed by atoms with E-state index < -0.39 is 33.5 Å². The van der Waals surface area contributed by atoms with Crippen LogP contribution in [0.2, 0.25) is 0 Å². The Hall–Kier alpha value is -4.88. The van der Waals surface area contributed by atoms with Crippen molar-refractivity contribution in [2.24, 2.45) is 11.5 Å². The lowest BCUT2D eigenvalue weighted by molar-refractivity contribution is -0.144. The van der Waals surface area contributed by atoms with Crippen molar-refractivity contribution in [2.45, 2.75) is 42.4 Å². The summed E-state index contributed by atoms with van der Waals surface area (Å²) in [5.74, 6) is -2.91. The first kappa shape index (κ1) is 33.0. The van der Waals surface area contributed by atoms with Gasteiger partial charge in [-0.1, -0.05) is 78.9 Å². The Morgan fingerprint density at radius 2 is 1.36 bits per heavy atom. The van der Waals surface area contributed by atoms with Crippen LogP contribution in [-0.4, -0.2) is 42.5 Å². The highest BCUT2D eigenvalue weighted by molar-refractivity contribution is 7.89. The Morgan fingerprint density at radius 3 is 1.96 bits per heavy atom. The molecule has 12 heteroatoms. The first-order valence-electron chi connectivity index (χ1n) is 14.0. The molecule has 0 saturated carbocycles. The predicted molar refractivity (Wildman–Crippen MR) is 167 cm³/mol. The summed E-state index contributed by atoms with van der Waals surface area (Å²) in [6, 6.07) is 26.7. The van der Waals surface area contributed by atoms with Gasteiger partial charge in [0.05, 0.1) is 4.90 Å². The fraction of sp³-hybridized carbons (Fsp3) is 0.182. The second-order valence-corrected chi connectivity index (χ2v) is 12.4. The van der Waals surface area contributed by atoms with Gasteiger partial charge in [-0.3, -0.25) is 9.59 Å². The maximum Gasteiger partial charge on any atom is 0.328 e. The van der Waals surface area contributed by atoms with Crippen LogP contribution in [0.3, 0.4) is 0 Å². The molecule has 0 fully saturated rings. The number of amides is 1. The van der Waals surface area contributed by atoms with Crippen molar-refractivity contribution in [1.82, 2.24) is 10.0 Å². The van der Waals surface area contributed by atoms with Gasteiger partial charge in [0.2, 0.25) is 10.0 Å². The van der Waals surface area contributed by atoms with Crippen LogP contribution in [0, 0.1) is 0 Å². The third-order valence-corrected chi connectivity index (χ3v) is 8.73. The molecular formula is C33H34N4O7S. The maximum atomic E-state index is 12.8. The number of sulfonamides is 1. The molecule has 0 radical (unpaired) electrons. The van der Waals surface area contributed by atoms with Gasteiger partial charge in [-0.25, -0.2) is 17.9 Å². The van der Waals surface area contributed by atoms with Crippen LogP contribution in [0.15, 0.2) is 108 Å². The van der Waals surface area contributed by atoms with Crippen molar-refractivity contribution < 1.29 is 33.0 Å². The number of carboxylic acids is 2. The molecule has 0 aliphatic rings. The molecule has 1 amide bonds. The number of rotatable bonds is 14. The zero-order chi connectivity index (χ0) is 32.6. The molecule has 0 aliphatic heterocycles. The quantitative estimate of drug-likeness (QED) is 0.121. The highest BCUT2D eigenvalue weighted by atomic mass is 32.2. The number of aliphatic carboxylic acids is 2. The molecule has 234 valence electrons. The third-order valence-electron chi connectivity index (χ3n) is 7.31. The summed E-state index contributed by atoms with van der Waals surface area (Å²) in [6.45, 7) is -0.0254. The molecule has 0 bridgehead atoms. The molecular weight excluding hydrogens is 596 g/mol. The highest BCUT2D eigenvalue weighted by Gasteiger charge is 2.38. The van der Waals surface area contributed by atoms with E-state index in [4.69, 9.17) is 11.5 Å². The Balaban J connectivity index is 1.59. The van der Waals surface area contributed by atoms with E-state index in [1.807, 2.05) is 0 Å². The Kier molecular flexibility index (Phi) is 10.5. The van der Waals surface area contributed by atoms with Gasteiger partial charge >= 0.3 is 11.9 Å². The van der Waals surface area contributed by atoms with Crippen molar-refractivity contribution >= 4 is 27.9 Å². The van der Waals surface area contributed by atoms with E-state index in [1.165, 1.54) is 18.2 Å². The number of benzene rings is 4. The molecule has 8 N–H and O–H groups in total. The van der Waals surface area contributed by atoms with Crippen LogP contribution in [0.25, 0.3) is 0 Å². The van der Waals surface area contributed by atoms with E-state index in [0.717, 1.165) is 0 Å². The zero-order valence-electron chi connectivity index (χ0n) is 24.2. The lowest BCUT2D eigenvalue weighted by Gasteiger charge is -2.29. The molecule has 2 atom stereocenters. The Bertz CT molecular complexity index is 1770. The van der Waals surface area contributed by atoms with Crippen LogP contribution >= 0.6 is 0 Å². The van der Waals surface area contributed by atoms with E-state index in [1.54, 1.807) is 84.9 Å². The number of hydrogen-bond donors (Lipinski definition) is 6. The van der Waals surface area contributed by atoms with Crippen LogP contribution in [0.1, 0.15) is 38.2 Å². The summed E-state index contributed by atoms with van der Waals surface area (Å²) < 4.78 is 27.7. The Morgan fingerprint density at radius 1 is 0.778 bits per heavy atom. The summed E-state index contributed by atoms with van der Waals surface area (Å²) >= 11 is 0. The van der Waals surface area contributed by atoms with Gasteiger partial charge in [0, 0.05) is 25.1 Å². The normalized spacial score (nSPS) is 13.4. The molecule has 0 saturated heterocycles. The monoisotopic (exact) mass is 630 g/mol. The number of hydrogen-bond acceptors (Lipinski definition) is 7. The second-order valence-electron chi connectivity index (χ2n) is 10.6. The predicted octanol–water partition coefficient (Wildman–Crippen LogP) is 2.53. The van der Waals surface area contributed by atoms with E-state index in [9.17, 15) is 33.0 Å². The van der Waals surface area contributed by atoms with Gasteiger partial charge < -0.3 is 27.0 Å². The summed E-state index contributed by atoms with van der Waals surface area (Å²) in [5, 5.41) is 22.5. The topological polar surface area (TPSA) is 202 Å². The van der Waals surface area contributed by atoms with Crippen LogP contribution in [0.4, 0.5) is 0 Å². The fourth-order valence-corrected chi connectivity index (χ4v) is 5.81. The molecule has 0 aromatic heterocycles. The molecule has 4 aromatic carbocycles.